The van der Waals surface area contributed by atoms with Gasteiger partial charge in [-0.05, 0) is 126 Å². The van der Waals surface area contributed by atoms with Gasteiger partial charge < -0.3 is 48.3 Å². The number of hydrogen-bond donors (Lipinski definition) is 0. The fraction of sp³-hybridized carbons (Fsp3) is 0.688. The number of anilines is 2. The molecule has 0 aromatic heterocycles. The number of carbonyl (C=O) groups excluding carboxylic acids is 8. The van der Waals surface area contributed by atoms with Gasteiger partial charge in [0.2, 0.25) is 0 Å². The van der Waals surface area contributed by atoms with Crippen molar-refractivity contribution in [1.82, 2.24) is 29.4 Å². The summed E-state index contributed by atoms with van der Waals surface area (Å²) in [5, 5.41) is 0. The van der Waals surface area contributed by atoms with Gasteiger partial charge in [0.25, 0.3) is 23.6 Å². The third-order valence-electron chi connectivity index (χ3n) is 18.0. The lowest BCUT2D eigenvalue weighted by Crippen LogP contribution is -2.67. The predicted molar refractivity (Wildman–Crippen MR) is 320 cm³/mol. The summed E-state index contributed by atoms with van der Waals surface area (Å²) in [5.74, 6) is -7.12. The lowest BCUT2D eigenvalue weighted by Gasteiger charge is -2.55. The SMILES string of the molecule is CC(C)C[C@H]1C(=O)O[C@H](Cc2ccc(N3CC4CC(C3)N4C)cc2)C(=O)N(C)[C@@H](CC(C)C)C(=O)O[C@H](C)C(=O)N(C)[C@@H](CC(C)C)C(=O)O[C@H](Cc2ccc(N3CC4CC(C3)N4C)cc2)C(=O)N(C)[C@@H](CC(C)C)C(=O)O[C@H](C)C(=O)N1C. The highest BCUT2D eigenvalue weighted by atomic mass is 16.6. The number of likely N-dealkylation sites (N-methyl/N-ethyl adjacent to an activating group) is 6. The molecule has 7 aliphatic rings. The molecule has 464 valence electrons. The topological polar surface area (TPSA) is 199 Å². The second-order valence-corrected chi connectivity index (χ2v) is 26.4. The van der Waals surface area contributed by atoms with E-state index in [0.717, 1.165) is 50.4 Å². The first-order chi connectivity index (χ1) is 39.5. The highest BCUT2D eigenvalue weighted by molar-refractivity contribution is 5.94. The molecule has 0 spiro atoms. The number of fused-ring (bicyclic) bond motifs is 4. The third-order valence-corrected chi connectivity index (χ3v) is 18.0. The molecule has 2 aromatic carbocycles. The summed E-state index contributed by atoms with van der Waals surface area (Å²) in [4.78, 5) is 132. The number of ether oxygens (including phenoxy) is 4. The number of cyclic esters (lactones) is 4. The van der Waals surface area contributed by atoms with Crippen molar-refractivity contribution in [2.75, 3.05) is 78.3 Å². The van der Waals surface area contributed by atoms with Gasteiger partial charge in [0.15, 0.2) is 24.4 Å². The van der Waals surface area contributed by atoms with E-state index in [9.17, 15) is 28.8 Å². The van der Waals surface area contributed by atoms with Gasteiger partial charge >= 0.3 is 23.9 Å². The maximum atomic E-state index is 15.1. The molecule has 2 aromatic rings. The normalized spacial score (nSPS) is 29.7. The highest BCUT2D eigenvalue weighted by Gasteiger charge is 2.46. The molecular weight excluding hydrogens is 1070 g/mol. The zero-order valence-corrected chi connectivity index (χ0v) is 52.8. The van der Waals surface area contributed by atoms with Crippen LogP contribution in [0.4, 0.5) is 11.4 Å². The van der Waals surface area contributed by atoms with Crippen LogP contribution in [0.25, 0.3) is 0 Å². The minimum Gasteiger partial charge on any atom is -0.451 e. The van der Waals surface area contributed by atoms with Crippen LogP contribution in [0.5, 0.6) is 0 Å². The van der Waals surface area contributed by atoms with Gasteiger partial charge in [-0.1, -0.05) is 79.7 Å². The summed E-state index contributed by atoms with van der Waals surface area (Å²) in [6.45, 7) is 21.3. The largest absolute Gasteiger partial charge is 0.451 e. The minimum absolute atomic E-state index is 0.0893. The van der Waals surface area contributed by atoms with Gasteiger partial charge in [-0.25, -0.2) is 19.2 Å². The molecule has 0 radical (unpaired) electrons. The lowest BCUT2D eigenvalue weighted by molar-refractivity contribution is -0.176. The van der Waals surface area contributed by atoms with Crippen LogP contribution < -0.4 is 9.80 Å². The molecule has 4 amide bonds. The van der Waals surface area contributed by atoms with Crippen molar-refractivity contribution in [3.8, 4) is 0 Å². The van der Waals surface area contributed by atoms with Crippen LogP contribution in [-0.4, -0.2) is 218 Å². The van der Waals surface area contributed by atoms with Crippen molar-refractivity contribution < 1.29 is 57.3 Å². The maximum Gasteiger partial charge on any atom is 0.329 e. The van der Waals surface area contributed by atoms with E-state index in [2.05, 4.69) is 33.7 Å². The van der Waals surface area contributed by atoms with Crippen molar-refractivity contribution in [3.63, 3.8) is 0 Å². The molecule has 4 unspecified atom stereocenters. The molecule has 7 aliphatic heterocycles. The van der Waals surface area contributed by atoms with E-state index in [4.69, 9.17) is 18.9 Å². The van der Waals surface area contributed by atoms with Gasteiger partial charge in [-0.3, -0.25) is 29.0 Å². The van der Waals surface area contributed by atoms with Crippen LogP contribution in [0, 0.1) is 23.7 Å². The van der Waals surface area contributed by atoms with E-state index in [1.807, 2.05) is 104 Å². The minimum atomic E-state index is -1.50. The zero-order chi connectivity index (χ0) is 61.8. The fourth-order valence-electron chi connectivity index (χ4n) is 12.6. The monoisotopic (exact) mass is 1170 g/mol. The molecule has 7 heterocycles. The molecule has 7 saturated heterocycles. The number of piperidine rings is 2. The van der Waals surface area contributed by atoms with Crippen molar-refractivity contribution in [1.29, 1.82) is 0 Å². The number of piperazine rings is 2. The number of amides is 4. The Morgan fingerprint density at radius 3 is 0.881 bits per heavy atom. The summed E-state index contributed by atoms with van der Waals surface area (Å²) in [5.41, 5.74) is 3.40. The van der Waals surface area contributed by atoms with E-state index < -0.39 is 96.1 Å². The molecule has 9 rings (SSSR count). The first-order valence-corrected chi connectivity index (χ1v) is 30.5. The number of rotatable bonds is 14. The number of benzene rings is 2. The van der Waals surface area contributed by atoms with Crippen LogP contribution in [0.15, 0.2) is 48.5 Å². The van der Waals surface area contributed by atoms with Gasteiger partial charge in [-0.2, -0.15) is 0 Å². The first-order valence-electron chi connectivity index (χ1n) is 30.5. The van der Waals surface area contributed by atoms with E-state index in [0.29, 0.717) is 35.3 Å². The van der Waals surface area contributed by atoms with Crippen LogP contribution >= 0.6 is 0 Å². The van der Waals surface area contributed by atoms with Gasteiger partial charge in [0, 0.05) is 103 Å². The highest BCUT2D eigenvalue weighted by Crippen LogP contribution is 2.35. The predicted octanol–water partition coefficient (Wildman–Crippen LogP) is 5.45. The molecule has 20 heteroatoms. The number of nitrogens with zero attached hydrogens (tertiary/aromatic N) is 8. The van der Waals surface area contributed by atoms with Crippen LogP contribution in [0.3, 0.4) is 0 Å². The van der Waals surface area contributed by atoms with Gasteiger partial charge in [0.1, 0.15) is 24.2 Å². The molecular formula is C64H96N8O12. The molecule has 0 N–H and O–H groups in total. The van der Waals surface area contributed by atoms with Gasteiger partial charge in [-0.15, -0.1) is 0 Å². The quantitative estimate of drug-likeness (QED) is 0.171. The first kappa shape index (κ1) is 65.3. The molecule has 84 heavy (non-hydrogen) atoms. The molecule has 12 atom stereocenters. The summed E-state index contributed by atoms with van der Waals surface area (Å²) in [6.07, 6.45) is -3.36. The average molecular weight is 1170 g/mol. The Morgan fingerprint density at radius 2 is 0.631 bits per heavy atom. The average Bonchev–Trinajstić information content (AvgIpc) is 1.45. The molecule has 7 fully saturated rings. The Balaban J connectivity index is 1.23. The molecule has 0 aliphatic carbocycles. The Bertz CT molecular complexity index is 2450. The summed E-state index contributed by atoms with van der Waals surface area (Å²) in [7, 11) is 9.99. The standard InChI is InChI=1S/C64H96N8O12/c1-37(2)25-51-61(77)81-41(9)57(73)67(13)54(28-40(7)8)64(80)84-56(30-44-19-23-46(24-20-44)72-35-49-32-50(36-72)66(49)12)60(76)70(16)52(26-38(3)4)62(78)82-42(10)58(74)68(14)53(27-39(5)6)63(79)83-55(59(75)69(51)15)29-43-17-21-45(22-18-43)71-33-47-31-48(34-71)65(47)11/h17-24,37-42,47-56H,25-36H2,1-16H3/t41-,42-,47?,48?,49?,50?,51+,52+,53+,54+,55-,56-/m1/s1. The maximum absolute atomic E-state index is 15.1. The van der Waals surface area contributed by atoms with Crippen molar-refractivity contribution in [3.05, 3.63) is 59.7 Å². The molecule has 0 saturated carbocycles. The van der Waals surface area contributed by atoms with Crippen molar-refractivity contribution in [2.45, 2.75) is 193 Å². The van der Waals surface area contributed by atoms with Crippen LogP contribution in [-0.2, 0) is 70.1 Å². The van der Waals surface area contributed by atoms with Gasteiger partial charge in [0.05, 0.1) is 0 Å². The van der Waals surface area contributed by atoms with Crippen molar-refractivity contribution >= 4 is 58.9 Å². The number of hydrogen-bond acceptors (Lipinski definition) is 16. The molecule has 20 nitrogen and oxygen atoms in total. The summed E-state index contributed by atoms with van der Waals surface area (Å²) in [6, 6.07) is 12.4. The Morgan fingerprint density at radius 1 is 0.381 bits per heavy atom. The van der Waals surface area contributed by atoms with E-state index in [-0.39, 0.29) is 62.2 Å². The number of esters is 4. The zero-order valence-electron chi connectivity index (χ0n) is 52.8. The number of carbonyl (C=O) groups is 8. The lowest BCUT2D eigenvalue weighted by atomic mass is 9.88. The van der Waals surface area contributed by atoms with E-state index >= 15 is 9.59 Å². The Labute approximate surface area is 498 Å². The summed E-state index contributed by atoms with van der Waals surface area (Å²) < 4.78 is 24.4. The smallest absolute Gasteiger partial charge is 0.329 e. The fourth-order valence-corrected chi connectivity index (χ4v) is 12.6. The third kappa shape index (κ3) is 15.4. The Kier molecular flexibility index (Phi) is 21.6. The van der Waals surface area contributed by atoms with E-state index in [1.165, 1.54) is 61.6 Å². The second kappa shape index (κ2) is 27.8. The second-order valence-electron chi connectivity index (χ2n) is 26.4. The molecule has 4 bridgehead atoms. The Hall–Kier alpha value is -6.28. The van der Waals surface area contributed by atoms with Crippen LogP contribution in [0.1, 0.15) is 119 Å². The van der Waals surface area contributed by atoms with Crippen LogP contribution in [0.2, 0.25) is 0 Å². The summed E-state index contributed by atoms with van der Waals surface area (Å²) >= 11 is 0. The van der Waals surface area contributed by atoms with E-state index in [1.54, 1.807) is 0 Å². The van der Waals surface area contributed by atoms with Crippen molar-refractivity contribution in [2.24, 2.45) is 23.7 Å².